The van der Waals surface area contributed by atoms with E-state index in [0.717, 1.165) is 16.8 Å². The van der Waals surface area contributed by atoms with E-state index in [4.69, 9.17) is 0 Å². The summed E-state index contributed by atoms with van der Waals surface area (Å²) in [5.74, 6) is -0.238. The normalized spacial score (nSPS) is 9.70. The van der Waals surface area contributed by atoms with E-state index >= 15 is 0 Å². The number of hydrogen-bond acceptors (Lipinski definition) is 3. The van der Waals surface area contributed by atoms with Crippen LogP contribution < -0.4 is 5.32 Å². The number of benzene rings is 2. The molecule has 1 N–H and O–H groups in total. The molecule has 0 bridgehead atoms. The Morgan fingerprint density at radius 2 is 1.80 bits per heavy atom. The van der Waals surface area contributed by atoms with Crippen LogP contribution in [0.15, 0.2) is 47.5 Å². The predicted molar refractivity (Wildman–Crippen MR) is 78.1 cm³/mol. The van der Waals surface area contributed by atoms with Crippen molar-refractivity contribution in [3.05, 3.63) is 59.2 Å². The van der Waals surface area contributed by atoms with Crippen LogP contribution in [0.5, 0.6) is 0 Å². The highest BCUT2D eigenvalue weighted by Crippen LogP contribution is 2.17. The summed E-state index contributed by atoms with van der Waals surface area (Å²) in [5, 5.41) is 2.83. The molecule has 0 aliphatic rings. The summed E-state index contributed by atoms with van der Waals surface area (Å²) in [4.78, 5) is 25.9. The van der Waals surface area contributed by atoms with Gasteiger partial charge in [-0.05, 0) is 55.3 Å². The molecule has 1 amide bonds. The van der Waals surface area contributed by atoms with Crippen LogP contribution in [-0.4, -0.2) is 12.0 Å². The van der Waals surface area contributed by atoms with Gasteiger partial charge in [0.1, 0.15) is 0 Å². The van der Waals surface area contributed by atoms with Crippen LogP contribution in [0.3, 0.4) is 0 Å². The highest BCUT2D eigenvalue weighted by molar-refractivity contribution is 6.04. The molecule has 0 unspecified atom stereocenters. The van der Waals surface area contributed by atoms with Gasteiger partial charge >= 0.3 is 0 Å². The van der Waals surface area contributed by atoms with Crippen molar-refractivity contribution >= 4 is 23.4 Å². The van der Waals surface area contributed by atoms with Gasteiger partial charge in [-0.25, -0.2) is 4.79 Å². The molecule has 0 heterocycles. The minimum atomic E-state index is -0.238. The van der Waals surface area contributed by atoms with E-state index in [2.05, 4.69) is 10.3 Å². The first-order valence-electron chi connectivity index (χ1n) is 6.16. The van der Waals surface area contributed by atoms with Gasteiger partial charge in [-0.15, -0.1) is 0 Å². The summed E-state index contributed by atoms with van der Waals surface area (Å²) in [6.45, 7) is 3.95. The molecule has 0 radical (unpaired) electrons. The average Bonchev–Trinajstić information content (AvgIpc) is 2.38. The molecule has 0 saturated carbocycles. The zero-order valence-electron chi connectivity index (χ0n) is 11.3. The van der Waals surface area contributed by atoms with Gasteiger partial charge in [0.25, 0.3) is 5.91 Å². The van der Waals surface area contributed by atoms with Crippen molar-refractivity contribution in [3.8, 4) is 0 Å². The van der Waals surface area contributed by atoms with Crippen LogP contribution in [0.25, 0.3) is 0 Å². The van der Waals surface area contributed by atoms with Crippen LogP contribution in [0.4, 0.5) is 11.4 Å². The summed E-state index contributed by atoms with van der Waals surface area (Å²) < 4.78 is 0. The second-order valence-corrected chi connectivity index (χ2v) is 4.58. The number of carbonyl (C=O) groups is 1. The fraction of sp³-hybridized carbons (Fsp3) is 0.125. The van der Waals surface area contributed by atoms with Gasteiger partial charge in [-0.3, -0.25) is 4.79 Å². The maximum atomic E-state index is 12.1. The van der Waals surface area contributed by atoms with E-state index in [1.807, 2.05) is 32.0 Å². The molecule has 0 aromatic heterocycles. The molecule has 2 aromatic carbocycles. The number of rotatable bonds is 3. The number of carbonyl (C=O) groups excluding carboxylic acids is 2. The summed E-state index contributed by atoms with van der Waals surface area (Å²) in [6, 6.07) is 12.4. The third kappa shape index (κ3) is 3.40. The lowest BCUT2D eigenvalue weighted by atomic mass is 10.1. The first-order chi connectivity index (χ1) is 9.58. The maximum absolute atomic E-state index is 12.1. The standard InChI is InChI=1S/C16H14N2O2/c1-11-6-12(2)8-15(7-11)18-16(20)13-4-3-5-14(9-13)17-10-19/h3-9H,1-2H3,(H,18,20). The lowest BCUT2D eigenvalue weighted by molar-refractivity contribution is 0.102. The van der Waals surface area contributed by atoms with Gasteiger partial charge in [0.2, 0.25) is 6.08 Å². The second-order valence-electron chi connectivity index (χ2n) is 4.58. The molecule has 20 heavy (non-hydrogen) atoms. The molecule has 0 saturated heterocycles. The first kappa shape index (κ1) is 13.7. The number of aryl methyl sites for hydroxylation is 2. The van der Waals surface area contributed by atoms with E-state index in [1.54, 1.807) is 24.3 Å². The van der Waals surface area contributed by atoms with E-state index in [9.17, 15) is 9.59 Å². The van der Waals surface area contributed by atoms with Gasteiger partial charge in [-0.2, -0.15) is 4.99 Å². The molecule has 0 atom stereocenters. The molecule has 0 aliphatic heterocycles. The van der Waals surface area contributed by atoms with Crippen molar-refractivity contribution in [3.63, 3.8) is 0 Å². The highest BCUT2D eigenvalue weighted by Gasteiger charge is 2.07. The van der Waals surface area contributed by atoms with E-state index in [0.29, 0.717) is 11.3 Å². The Kier molecular flexibility index (Phi) is 4.08. The highest BCUT2D eigenvalue weighted by atomic mass is 16.1. The molecule has 4 nitrogen and oxygen atoms in total. The molecule has 100 valence electrons. The summed E-state index contributed by atoms with van der Waals surface area (Å²) >= 11 is 0. The Bertz CT molecular complexity index is 681. The molecule has 0 fully saturated rings. The van der Waals surface area contributed by atoms with Gasteiger partial charge < -0.3 is 5.32 Å². The van der Waals surface area contributed by atoms with Gasteiger partial charge in [0.05, 0.1) is 5.69 Å². The largest absolute Gasteiger partial charge is 0.322 e. The van der Waals surface area contributed by atoms with E-state index in [1.165, 1.54) is 6.08 Å². The van der Waals surface area contributed by atoms with E-state index < -0.39 is 0 Å². The average molecular weight is 266 g/mol. The molecule has 0 aliphatic carbocycles. The number of nitrogens with one attached hydrogen (secondary N) is 1. The van der Waals surface area contributed by atoms with Crippen molar-refractivity contribution in [1.82, 2.24) is 0 Å². The lowest BCUT2D eigenvalue weighted by Crippen LogP contribution is -2.11. The van der Waals surface area contributed by atoms with Crippen LogP contribution in [0.2, 0.25) is 0 Å². The number of isocyanates is 1. The minimum Gasteiger partial charge on any atom is -0.322 e. The van der Waals surface area contributed by atoms with Crippen molar-refractivity contribution < 1.29 is 9.59 Å². The van der Waals surface area contributed by atoms with Crippen LogP contribution in [0, 0.1) is 13.8 Å². The SMILES string of the molecule is Cc1cc(C)cc(NC(=O)c2cccc(N=C=O)c2)c1. The molecule has 0 spiro atoms. The molecule has 4 heteroatoms. The Balaban J connectivity index is 2.23. The first-order valence-corrected chi connectivity index (χ1v) is 6.16. The summed E-state index contributed by atoms with van der Waals surface area (Å²) in [5.41, 5.74) is 3.77. The number of aliphatic imine (C=N–C) groups is 1. The van der Waals surface area contributed by atoms with Crippen LogP contribution >= 0.6 is 0 Å². The fourth-order valence-electron chi connectivity index (χ4n) is 2.02. The third-order valence-electron chi connectivity index (χ3n) is 2.76. The van der Waals surface area contributed by atoms with Crippen molar-refractivity contribution in [2.45, 2.75) is 13.8 Å². The number of hydrogen-bond donors (Lipinski definition) is 1. The van der Waals surface area contributed by atoms with Crippen LogP contribution in [0.1, 0.15) is 21.5 Å². The Labute approximate surface area is 117 Å². The monoisotopic (exact) mass is 266 g/mol. The molecular weight excluding hydrogens is 252 g/mol. The summed E-state index contributed by atoms with van der Waals surface area (Å²) in [7, 11) is 0. The Morgan fingerprint density at radius 3 is 2.45 bits per heavy atom. The third-order valence-corrected chi connectivity index (χ3v) is 2.76. The van der Waals surface area contributed by atoms with Crippen molar-refractivity contribution in [2.75, 3.05) is 5.32 Å². The zero-order valence-corrected chi connectivity index (χ0v) is 11.3. The summed E-state index contributed by atoms with van der Waals surface area (Å²) in [6.07, 6.45) is 1.46. The maximum Gasteiger partial charge on any atom is 0.255 e. The van der Waals surface area contributed by atoms with E-state index in [-0.39, 0.29) is 5.91 Å². The van der Waals surface area contributed by atoms with Crippen LogP contribution in [-0.2, 0) is 4.79 Å². The number of amides is 1. The predicted octanol–water partition coefficient (Wildman–Crippen LogP) is 3.52. The lowest BCUT2D eigenvalue weighted by Gasteiger charge is -2.07. The minimum absolute atomic E-state index is 0.238. The molecule has 2 aromatic rings. The zero-order chi connectivity index (χ0) is 14.5. The topological polar surface area (TPSA) is 58.5 Å². The fourth-order valence-corrected chi connectivity index (χ4v) is 2.02. The van der Waals surface area contributed by atoms with Gasteiger partial charge in [-0.1, -0.05) is 12.1 Å². The number of anilines is 1. The van der Waals surface area contributed by atoms with Gasteiger partial charge in [0.15, 0.2) is 0 Å². The Hall–Kier alpha value is -2.71. The smallest absolute Gasteiger partial charge is 0.255 e. The molecule has 2 rings (SSSR count). The quantitative estimate of drug-likeness (QED) is 0.682. The van der Waals surface area contributed by atoms with Crippen molar-refractivity contribution in [1.29, 1.82) is 0 Å². The second kappa shape index (κ2) is 5.95. The van der Waals surface area contributed by atoms with Gasteiger partial charge in [0, 0.05) is 11.3 Å². The number of nitrogens with zero attached hydrogens (tertiary/aromatic N) is 1. The Morgan fingerprint density at radius 1 is 1.10 bits per heavy atom. The molecular formula is C16H14N2O2. The van der Waals surface area contributed by atoms with Crippen molar-refractivity contribution in [2.24, 2.45) is 4.99 Å².